The summed E-state index contributed by atoms with van der Waals surface area (Å²) in [5.74, 6) is 1.30. The van der Waals surface area contributed by atoms with Crippen molar-refractivity contribution in [2.45, 2.75) is 32.4 Å². The average molecular weight is 330 g/mol. The molecule has 2 unspecified atom stereocenters. The molecule has 2 aromatic rings. The number of aliphatic hydroxyl groups excluding tert-OH is 1. The zero-order valence-electron chi connectivity index (χ0n) is 14.4. The molecule has 2 heterocycles. The molecule has 6 nitrogen and oxygen atoms in total. The quantitative estimate of drug-likeness (QED) is 0.876. The molecule has 1 saturated heterocycles. The first-order valence-corrected chi connectivity index (χ1v) is 8.71. The lowest BCUT2D eigenvalue weighted by molar-refractivity contribution is 0.0517. The zero-order valence-corrected chi connectivity index (χ0v) is 14.4. The first-order chi connectivity index (χ1) is 11.7. The third kappa shape index (κ3) is 4.01. The molecule has 3 rings (SSSR count). The third-order valence-corrected chi connectivity index (χ3v) is 4.73. The Morgan fingerprint density at radius 3 is 2.54 bits per heavy atom. The van der Waals surface area contributed by atoms with Gasteiger partial charge in [-0.3, -0.25) is 9.80 Å². The van der Waals surface area contributed by atoms with Crippen LogP contribution in [0.4, 0.5) is 0 Å². The van der Waals surface area contributed by atoms with E-state index in [1.54, 1.807) is 0 Å². The molecule has 0 amide bonds. The zero-order chi connectivity index (χ0) is 16.9. The van der Waals surface area contributed by atoms with E-state index in [-0.39, 0.29) is 12.1 Å². The van der Waals surface area contributed by atoms with Crippen molar-refractivity contribution in [2.24, 2.45) is 0 Å². The standard InChI is InChI=1S/C18H26N4O2/c1-3-16(23)13-21-9-11-22(12-10-21)14(2)18-19-17(20-24-18)15-7-5-4-6-8-15/h4-8,14,16,23H,3,9-13H2,1-2H3. The van der Waals surface area contributed by atoms with Gasteiger partial charge in [-0.15, -0.1) is 0 Å². The number of hydrogen-bond donors (Lipinski definition) is 1. The number of β-amino-alcohol motifs (C(OH)–C–C–N with tert-alkyl or cyclic N) is 1. The van der Waals surface area contributed by atoms with Crippen LogP contribution in [0.3, 0.4) is 0 Å². The second-order valence-electron chi connectivity index (χ2n) is 6.40. The third-order valence-electron chi connectivity index (χ3n) is 4.73. The number of hydrogen-bond acceptors (Lipinski definition) is 6. The monoisotopic (exact) mass is 330 g/mol. The van der Waals surface area contributed by atoms with Gasteiger partial charge in [-0.1, -0.05) is 42.4 Å². The summed E-state index contributed by atoms with van der Waals surface area (Å²) >= 11 is 0. The van der Waals surface area contributed by atoms with Gasteiger partial charge in [0.1, 0.15) is 0 Å². The van der Waals surface area contributed by atoms with Crippen molar-refractivity contribution in [1.82, 2.24) is 19.9 Å². The molecule has 24 heavy (non-hydrogen) atoms. The summed E-state index contributed by atoms with van der Waals surface area (Å²) in [6.45, 7) is 8.70. The largest absolute Gasteiger partial charge is 0.392 e. The fraction of sp³-hybridized carbons (Fsp3) is 0.556. The molecule has 0 bridgehead atoms. The van der Waals surface area contributed by atoms with Gasteiger partial charge in [0.25, 0.3) is 0 Å². The minimum Gasteiger partial charge on any atom is -0.392 e. The van der Waals surface area contributed by atoms with Crippen molar-refractivity contribution in [2.75, 3.05) is 32.7 Å². The fourth-order valence-electron chi connectivity index (χ4n) is 3.03. The Hall–Kier alpha value is -1.76. The van der Waals surface area contributed by atoms with Crippen LogP contribution in [-0.4, -0.2) is 63.9 Å². The van der Waals surface area contributed by atoms with E-state index in [9.17, 15) is 5.11 Å². The van der Waals surface area contributed by atoms with Crippen molar-refractivity contribution >= 4 is 0 Å². The van der Waals surface area contributed by atoms with Gasteiger partial charge in [-0.05, 0) is 13.3 Å². The molecular formula is C18H26N4O2. The maximum absolute atomic E-state index is 9.79. The Bertz CT molecular complexity index is 623. The van der Waals surface area contributed by atoms with Gasteiger partial charge < -0.3 is 9.63 Å². The second-order valence-corrected chi connectivity index (χ2v) is 6.40. The highest BCUT2D eigenvalue weighted by Crippen LogP contribution is 2.23. The van der Waals surface area contributed by atoms with E-state index in [4.69, 9.17) is 4.52 Å². The number of nitrogens with zero attached hydrogens (tertiary/aromatic N) is 4. The lowest BCUT2D eigenvalue weighted by Gasteiger charge is -2.37. The van der Waals surface area contributed by atoms with Crippen LogP contribution in [0.5, 0.6) is 0 Å². The Labute approximate surface area is 143 Å². The van der Waals surface area contributed by atoms with Gasteiger partial charge in [-0.2, -0.15) is 4.98 Å². The number of benzene rings is 1. The summed E-state index contributed by atoms with van der Waals surface area (Å²) in [6.07, 6.45) is 0.583. The van der Waals surface area contributed by atoms with E-state index in [0.29, 0.717) is 11.7 Å². The Morgan fingerprint density at radius 2 is 1.88 bits per heavy atom. The van der Waals surface area contributed by atoms with Crippen molar-refractivity contribution in [1.29, 1.82) is 0 Å². The summed E-state index contributed by atoms with van der Waals surface area (Å²) < 4.78 is 5.49. The molecule has 1 N–H and O–H groups in total. The predicted octanol–water partition coefficient (Wildman–Crippen LogP) is 2.19. The number of aromatic nitrogens is 2. The van der Waals surface area contributed by atoms with Crippen LogP contribution in [0.15, 0.2) is 34.9 Å². The molecule has 0 radical (unpaired) electrons. The van der Waals surface area contributed by atoms with E-state index in [0.717, 1.165) is 44.7 Å². The lowest BCUT2D eigenvalue weighted by Crippen LogP contribution is -2.49. The molecule has 2 atom stereocenters. The summed E-state index contributed by atoms with van der Waals surface area (Å²) in [5, 5.41) is 13.9. The molecule has 1 aromatic carbocycles. The molecule has 1 aliphatic rings. The van der Waals surface area contributed by atoms with Crippen molar-refractivity contribution in [3.05, 3.63) is 36.2 Å². The van der Waals surface area contributed by atoms with Gasteiger partial charge in [0, 0.05) is 38.3 Å². The Morgan fingerprint density at radius 1 is 1.17 bits per heavy atom. The van der Waals surface area contributed by atoms with Crippen LogP contribution < -0.4 is 0 Å². The van der Waals surface area contributed by atoms with Crippen LogP contribution in [0.2, 0.25) is 0 Å². The van der Waals surface area contributed by atoms with E-state index in [1.165, 1.54) is 0 Å². The normalized spacial score (nSPS) is 19.3. The van der Waals surface area contributed by atoms with E-state index < -0.39 is 0 Å². The molecular weight excluding hydrogens is 304 g/mol. The van der Waals surface area contributed by atoms with Gasteiger partial charge in [0.2, 0.25) is 11.7 Å². The molecule has 1 fully saturated rings. The molecule has 0 aliphatic carbocycles. The molecule has 1 aromatic heterocycles. The van der Waals surface area contributed by atoms with Gasteiger partial charge in [0.05, 0.1) is 12.1 Å². The smallest absolute Gasteiger partial charge is 0.244 e. The van der Waals surface area contributed by atoms with Crippen LogP contribution >= 0.6 is 0 Å². The van der Waals surface area contributed by atoms with Gasteiger partial charge in [0.15, 0.2) is 0 Å². The van der Waals surface area contributed by atoms with E-state index in [2.05, 4.69) is 26.9 Å². The first-order valence-electron chi connectivity index (χ1n) is 8.71. The number of rotatable bonds is 6. The van der Waals surface area contributed by atoms with Crippen molar-refractivity contribution < 1.29 is 9.63 Å². The van der Waals surface area contributed by atoms with Crippen LogP contribution in [0.1, 0.15) is 32.2 Å². The maximum atomic E-state index is 9.79. The highest BCUT2D eigenvalue weighted by atomic mass is 16.5. The molecule has 130 valence electrons. The van der Waals surface area contributed by atoms with Crippen LogP contribution in [0, 0.1) is 0 Å². The van der Waals surface area contributed by atoms with Crippen molar-refractivity contribution in [3.63, 3.8) is 0 Å². The predicted molar refractivity (Wildman–Crippen MR) is 92.5 cm³/mol. The molecule has 6 heteroatoms. The number of aliphatic hydroxyl groups is 1. The maximum Gasteiger partial charge on any atom is 0.244 e. The molecule has 1 aliphatic heterocycles. The molecule has 0 saturated carbocycles. The Balaban J connectivity index is 1.58. The first kappa shape index (κ1) is 17.1. The van der Waals surface area contributed by atoms with Gasteiger partial charge in [-0.25, -0.2) is 0 Å². The topological polar surface area (TPSA) is 65.6 Å². The van der Waals surface area contributed by atoms with Gasteiger partial charge >= 0.3 is 0 Å². The lowest BCUT2D eigenvalue weighted by atomic mass is 10.2. The fourth-order valence-corrected chi connectivity index (χ4v) is 3.03. The van der Waals surface area contributed by atoms with E-state index >= 15 is 0 Å². The highest BCUT2D eigenvalue weighted by Gasteiger charge is 2.26. The summed E-state index contributed by atoms with van der Waals surface area (Å²) in [4.78, 5) is 9.24. The minimum absolute atomic E-state index is 0.105. The number of piperazine rings is 1. The average Bonchev–Trinajstić information content (AvgIpc) is 3.12. The second kappa shape index (κ2) is 7.88. The summed E-state index contributed by atoms with van der Waals surface area (Å²) in [5.41, 5.74) is 0.970. The SMILES string of the molecule is CCC(O)CN1CCN(C(C)c2nc(-c3ccccc3)no2)CC1. The van der Waals surface area contributed by atoms with E-state index in [1.807, 2.05) is 37.3 Å². The summed E-state index contributed by atoms with van der Waals surface area (Å²) in [7, 11) is 0. The summed E-state index contributed by atoms with van der Waals surface area (Å²) in [6, 6.07) is 9.99. The highest BCUT2D eigenvalue weighted by molar-refractivity contribution is 5.53. The molecule has 0 spiro atoms. The Kier molecular flexibility index (Phi) is 5.60. The van der Waals surface area contributed by atoms with Crippen LogP contribution in [-0.2, 0) is 0 Å². The van der Waals surface area contributed by atoms with Crippen LogP contribution in [0.25, 0.3) is 11.4 Å². The van der Waals surface area contributed by atoms with Crippen molar-refractivity contribution in [3.8, 4) is 11.4 Å². The minimum atomic E-state index is -0.224.